The predicted molar refractivity (Wildman–Crippen MR) is 80.2 cm³/mol. The number of benzene rings is 2. The van der Waals surface area contributed by atoms with Gasteiger partial charge in [-0.2, -0.15) is 0 Å². The molecule has 0 aliphatic rings. The fraction of sp³-hybridized carbons (Fsp3) is 0.0667. The van der Waals surface area contributed by atoms with Crippen LogP contribution in [0, 0.1) is 12.7 Å². The van der Waals surface area contributed by atoms with Gasteiger partial charge in [0.1, 0.15) is 5.82 Å². The summed E-state index contributed by atoms with van der Waals surface area (Å²) in [6.45, 7) is 1.83. The van der Waals surface area contributed by atoms with Crippen molar-refractivity contribution in [1.82, 2.24) is 0 Å². The molecule has 21 heavy (non-hydrogen) atoms. The Bertz CT molecular complexity index is 711. The summed E-state index contributed by atoms with van der Waals surface area (Å²) in [5, 5.41) is 11.3. The molecule has 0 radical (unpaired) electrons. The summed E-state index contributed by atoms with van der Waals surface area (Å²) in [6.07, 6.45) is 0. The maximum Gasteiger partial charge on any atom is 0.335 e. The number of carboxylic acids is 1. The second-order valence-electron chi connectivity index (χ2n) is 4.47. The van der Waals surface area contributed by atoms with Crippen LogP contribution in [0.5, 0.6) is 0 Å². The number of carbonyl (C=O) groups excluding carboxylic acids is 1. The summed E-state index contributed by atoms with van der Waals surface area (Å²) >= 11 is 3.28. The lowest BCUT2D eigenvalue weighted by atomic mass is 10.1. The summed E-state index contributed by atoms with van der Waals surface area (Å²) in [7, 11) is 0. The fourth-order valence-corrected chi connectivity index (χ4v) is 2.42. The molecule has 0 saturated heterocycles. The van der Waals surface area contributed by atoms with Crippen molar-refractivity contribution < 1.29 is 19.1 Å². The lowest BCUT2D eigenvalue weighted by Gasteiger charge is -2.08. The van der Waals surface area contributed by atoms with Crippen LogP contribution in [0.15, 0.2) is 40.9 Å². The standard InChI is InChI=1S/C15H11BrFNO3/c1-8-4-10(6-11(16)5-8)14(19)18-13-7-9(15(20)21)2-3-12(13)17/h2-7H,1H3,(H,18,19)(H,20,21). The lowest BCUT2D eigenvalue weighted by Crippen LogP contribution is -2.14. The highest BCUT2D eigenvalue weighted by Gasteiger charge is 2.13. The van der Waals surface area contributed by atoms with E-state index in [1.165, 1.54) is 0 Å². The number of rotatable bonds is 3. The van der Waals surface area contributed by atoms with Gasteiger partial charge < -0.3 is 10.4 Å². The molecule has 0 atom stereocenters. The first-order valence-corrected chi connectivity index (χ1v) is 6.77. The highest BCUT2D eigenvalue weighted by Crippen LogP contribution is 2.20. The molecule has 6 heteroatoms. The zero-order chi connectivity index (χ0) is 15.6. The number of amides is 1. The summed E-state index contributed by atoms with van der Waals surface area (Å²) in [4.78, 5) is 23.0. The molecule has 2 aromatic carbocycles. The number of nitrogens with one attached hydrogen (secondary N) is 1. The van der Waals surface area contributed by atoms with Crippen molar-refractivity contribution in [1.29, 1.82) is 0 Å². The number of hydrogen-bond acceptors (Lipinski definition) is 2. The van der Waals surface area contributed by atoms with E-state index < -0.39 is 17.7 Å². The smallest absolute Gasteiger partial charge is 0.335 e. The Balaban J connectivity index is 2.31. The van der Waals surface area contributed by atoms with Gasteiger partial charge in [0, 0.05) is 10.0 Å². The largest absolute Gasteiger partial charge is 0.478 e. The van der Waals surface area contributed by atoms with Gasteiger partial charge in [0.05, 0.1) is 11.3 Å². The average molecular weight is 352 g/mol. The van der Waals surface area contributed by atoms with E-state index in [0.29, 0.717) is 5.56 Å². The normalized spacial score (nSPS) is 10.2. The van der Waals surface area contributed by atoms with E-state index in [1.807, 2.05) is 13.0 Å². The number of hydrogen-bond donors (Lipinski definition) is 2. The number of halogens is 2. The molecule has 2 N–H and O–H groups in total. The maximum absolute atomic E-state index is 13.7. The molecule has 0 bridgehead atoms. The number of carboxylic acid groups (broad SMARTS) is 1. The molecule has 0 spiro atoms. The van der Waals surface area contributed by atoms with E-state index in [1.54, 1.807) is 12.1 Å². The van der Waals surface area contributed by atoms with Crippen LogP contribution in [-0.2, 0) is 0 Å². The van der Waals surface area contributed by atoms with Crippen LogP contribution in [-0.4, -0.2) is 17.0 Å². The molecule has 1 amide bonds. The van der Waals surface area contributed by atoms with Gasteiger partial charge in [-0.3, -0.25) is 4.79 Å². The summed E-state index contributed by atoms with van der Waals surface area (Å²) in [5.41, 5.74) is 0.950. The van der Waals surface area contributed by atoms with E-state index in [2.05, 4.69) is 21.2 Å². The minimum Gasteiger partial charge on any atom is -0.478 e. The average Bonchev–Trinajstić information content (AvgIpc) is 2.39. The van der Waals surface area contributed by atoms with Crippen LogP contribution < -0.4 is 5.32 Å². The highest BCUT2D eigenvalue weighted by atomic mass is 79.9. The Hall–Kier alpha value is -2.21. The second kappa shape index (κ2) is 6.05. The molecule has 108 valence electrons. The molecule has 4 nitrogen and oxygen atoms in total. The number of carbonyl (C=O) groups is 2. The van der Waals surface area contributed by atoms with Gasteiger partial charge in [0.25, 0.3) is 5.91 Å². The number of aromatic carboxylic acids is 1. The molecular weight excluding hydrogens is 341 g/mol. The van der Waals surface area contributed by atoms with Crippen LogP contribution in [0.2, 0.25) is 0 Å². The van der Waals surface area contributed by atoms with Crippen LogP contribution in [0.25, 0.3) is 0 Å². The molecule has 0 aliphatic heterocycles. The maximum atomic E-state index is 13.7. The first-order chi connectivity index (χ1) is 9.86. The van der Waals surface area contributed by atoms with Crippen molar-refractivity contribution >= 4 is 33.5 Å². The van der Waals surface area contributed by atoms with Crippen LogP contribution in [0.4, 0.5) is 10.1 Å². The van der Waals surface area contributed by atoms with Crippen molar-refractivity contribution in [3.05, 3.63) is 63.4 Å². The lowest BCUT2D eigenvalue weighted by molar-refractivity contribution is 0.0696. The summed E-state index contributed by atoms with van der Waals surface area (Å²) in [5.74, 6) is -2.40. The summed E-state index contributed by atoms with van der Waals surface area (Å²) in [6, 6.07) is 8.31. The van der Waals surface area contributed by atoms with Gasteiger partial charge in [-0.1, -0.05) is 15.9 Å². The van der Waals surface area contributed by atoms with Crippen molar-refractivity contribution in [3.63, 3.8) is 0 Å². The zero-order valence-electron chi connectivity index (χ0n) is 11.0. The quantitative estimate of drug-likeness (QED) is 0.882. The third kappa shape index (κ3) is 3.66. The predicted octanol–water partition coefficient (Wildman–Crippen LogP) is 3.85. The zero-order valence-corrected chi connectivity index (χ0v) is 12.6. The SMILES string of the molecule is Cc1cc(Br)cc(C(=O)Nc2cc(C(=O)O)ccc2F)c1. The van der Waals surface area contributed by atoms with Crippen LogP contribution >= 0.6 is 15.9 Å². The Morgan fingerprint density at radius 3 is 2.48 bits per heavy atom. The molecule has 0 heterocycles. The van der Waals surface area contributed by atoms with Gasteiger partial charge in [-0.15, -0.1) is 0 Å². The molecule has 0 unspecified atom stereocenters. The van der Waals surface area contributed by atoms with Gasteiger partial charge in [0.15, 0.2) is 0 Å². The van der Waals surface area contributed by atoms with E-state index in [4.69, 9.17) is 5.11 Å². The third-order valence-corrected chi connectivity index (χ3v) is 3.22. The Morgan fingerprint density at radius 1 is 1.14 bits per heavy atom. The summed E-state index contributed by atoms with van der Waals surface area (Å²) < 4.78 is 14.4. The van der Waals surface area contributed by atoms with E-state index in [0.717, 1.165) is 28.2 Å². The van der Waals surface area contributed by atoms with Gasteiger partial charge >= 0.3 is 5.97 Å². The van der Waals surface area contributed by atoms with Crippen molar-refractivity contribution in [3.8, 4) is 0 Å². The van der Waals surface area contributed by atoms with E-state index in [-0.39, 0.29) is 11.3 Å². The first kappa shape index (κ1) is 15.2. The van der Waals surface area contributed by atoms with Crippen molar-refractivity contribution in [2.75, 3.05) is 5.32 Å². The van der Waals surface area contributed by atoms with Gasteiger partial charge in [0.2, 0.25) is 0 Å². The Morgan fingerprint density at radius 2 is 1.86 bits per heavy atom. The second-order valence-corrected chi connectivity index (χ2v) is 5.39. The molecule has 0 aliphatic carbocycles. The van der Waals surface area contributed by atoms with Crippen LogP contribution in [0.1, 0.15) is 26.3 Å². The molecule has 2 aromatic rings. The van der Waals surface area contributed by atoms with E-state index in [9.17, 15) is 14.0 Å². The number of anilines is 1. The minimum atomic E-state index is -1.19. The highest BCUT2D eigenvalue weighted by molar-refractivity contribution is 9.10. The third-order valence-electron chi connectivity index (χ3n) is 2.77. The van der Waals surface area contributed by atoms with Crippen molar-refractivity contribution in [2.45, 2.75) is 6.92 Å². The van der Waals surface area contributed by atoms with Gasteiger partial charge in [-0.25, -0.2) is 9.18 Å². The molecule has 0 fully saturated rings. The molecular formula is C15H11BrFNO3. The Kier molecular flexibility index (Phi) is 4.37. The molecule has 0 saturated carbocycles. The van der Waals surface area contributed by atoms with Gasteiger partial charge in [-0.05, 0) is 48.9 Å². The van der Waals surface area contributed by atoms with E-state index >= 15 is 0 Å². The minimum absolute atomic E-state index is 0.0999. The monoisotopic (exact) mass is 351 g/mol. The Labute approximate surface area is 128 Å². The fourth-order valence-electron chi connectivity index (χ4n) is 1.82. The first-order valence-electron chi connectivity index (χ1n) is 5.98. The van der Waals surface area contributed by atoms with Crippen LogP contribution in [0.3, 0.4) is 0 Å². The topological polar surface area (TPSA) is 66.4 Å². The number of aryl methyl sites for hydroxylation is 1. The van der Waals surface area contributed by atoms with Crippen molar-refractivity contribution in [2.24, 2.45) is 0 Å². The molecule has 2 rings (SSSR count). The molecule has 0 aromatic heterocycles.